The van der Waals surface area contributed by atoms with Crippen LogP contribution in [0.4, 0.5) is 0 Å². The quantitative estimate of drug-likeness (QED) is 0.887. The molecule has 2 aromatic heterocycles. The predicted octanol–water partition coefficient (Wildman–Crippen LogP) is 2.10. The topological polar surface area (TPSA) is 64.7 Å². The van der Waals surface area contributed by atoms with Crippen LogP contribution in [0.1, 0.15) is 18.5 Å². The summed E-state index contributed by atoms with van der Waals surface area (Å²) >= 11 is 3.01. The van der Waals surface area contributed by atoms with Gasteiger partial charge in [-0.1, -0.05) is 11.3 Å². The highest BCUT2D eigenvalue weighted by Crippen LogP contribution is 2.27. The molecule has 0 aromatic carbocycles. The normalized spacial score (nSPS) is 12.7. The highest BCUT2D eigenvalue weighted by Gasteiger charge is 2.05. The second kappa shape index (κ2) is 4.69. The molecule has 0 unspecified atom stereocenters. The highest BCUT2D eigenvalue weighted by molar-refractivity contribution is 8.00. The fraction of sp³-hybridized carbons (Fsp3) is 0.222. The molecule has 0 saturated carbocycles. The lowest BCUT2D eigenvalue weighted by Gasteiger charge is -2.05. The molecule has 0 aliphatic heterocycles. The Labute approximate surface area is 95.9 Å². The van der Waals surface area contributed by atoms with Gasteiger partial charge in [-0.15, -0.1) is 10.2 Å². The van der Waals surface area contributed by atoms with Crippen molar-refractivity contribution in [2.75, 3.05) is 0 Å². The summed E-state index contributed by atoms with van der Waals surface area (Å²) in [6, 6.07) is 3.94. The molecule has 0 fully saturated rings. The minimum atomic E-state index is 0.0294. The number of hydrogen-bond donors (Lipinski definition) is 1. The van der Waals surface area contributed by atoms with Gasteiger partial charge in [0.1, 0.15) is 10.5 Å². The second-order valence-corrected chi connectivity index (χ2v) is 5.12. The molecular formula is C9H10N4S2. The van der Waals surface area contributed by atoms with Crippen molar-refractivity contribution in [2.45, 2.75) is 22.3 Å². The maximum absolute atomic E-state index is 5.79. The van der Waals surface area contributed by atoms with Crippen LogP contribution in [0.3, 0.4) is 0 Å². The molecule has 0 saturated heterocycles. The Hall–Kier alpha value is -0.980. The zero-order valence-electron chi connectivity index (χ0n) is 8.12. The number of aromatic nitrogens is 3. The molecule has 2 heterocycles. The highest BCUT2D eigenvalue weighted by atomic mass is 32.2. The average Bonchev–Trinajstić information content (AvgIpc) is 2.71. The van der Waals surface area contributed by atoms with Crippen LogP contribution in [-0.4, -0.2) is 15.2 Å². The molecule has 6 heteroatoms. The van der Waals surface area contributed by atoms with Gasteiger partial charge < -0.3 is 5.73 Å². The van der Waals surface area contributed by atoms with E-state index >= 15 is 0 Å². The summed E-state index contributed by atoms with van der Waals surface area (Å²) in [6.45, 7) is 1.95. The third-order valence-electron chi connectivity index (χ3n) is 1.82. The lowest BCUT2D eigenvalue weighted by atomic mass is 10.1. The van der Waals surface area contributed by atoms with Crippen LogP contribution in [0, 0.1) is 0 Å². The van der Waals surface area contributed by atoms with E-state index in [-0.39, 0.29) is 6.04 Å². The van der Waals surface area contributed by atoms with Crippen molar-refractivity contribution < 1.29 is 0 Å². The summed E-state index contributed by atoms with van der Waals surface area (Å²) in [7, 11) is 0. The van der Waals surface area contributed by atoms with E-state index in [1.54, 1.807) is 11.7 Å². The molecule has 0 amide bonds. The van der Waals surface area contributed by atoms with Crippen molar-refractivity contribution in [1.29, 1.82) is 0 Å². The van der Waals surface area contributed by atoms with Gasteiger partial charge in [0.15, 0.2) is 4.34 Å². The summed E-state index contributed by atoms with van der Waals surface area (Å²) in [6.07, 6.45) is 1.77. The number of hydrogen-bond acceptors (Lipinski definition) is 6. The molecule has 2 N–H and O–H groups in total. The van der Waals surface area contributed by atoms with Gasteiger partial charge in [-0.05, 0) is 36.4 Å². The first-order chi connectivity index (χ1) is 7.25. The molecule has 0 radical (unpaired) electrons. The average molecular weight is 238 g/mol. The number of nitrogens with two attached hydrogens (primary N) is 1. The maximum atomic E-state index is 5.79. The first-order valence-corrected chi connectivity index (χ1v) is 6.11. The lowest BCUT2D eigenvalue weighted by Crippen LogP contribution is -2.04. The van der Waals surface area contributed by atoms with Crippen molar-refractivity contribution >= 4 is 23.1 Å². The van der Waals surface area contributed by atoms with Crippen LogP contribution in [-0.2, 0) is 0 Å². The van der Waals surface area contributed by atoms with E-state index in [0.29, 0.717) is 0 Å². The molecule has 1 atom stereocenters. The summed E-state index contributed by atoms with van der Waals surface area (Å²) < 4.78 is 0.893. The van der Waals surface area contributed by atoms with E-state index in [1.807, 2.05) is 19.1 Å². The van der Waals surface area contributed by atoms with Crippen LogP contribution >= 0.6 is 23.1 Å². The van der Waals surface area contributed by atoms with Crippen molar-refractivity contribution in [1.82, 2.24) is 15.2 Å². The van der Waals surface area contributed by atoms with Gasteiger partial charge in [0.2, 0.25) is 0 Å². The molecule has 0 spiro atoms. The first kappa shape index (κ1) is 10.5. The molecule has 78 valence electrons. The van der Waals surface area contributed by atoms with Gasteiger partial charge in [0, 0.05) is 12.2 Å². The van der Waals surface area contributed by atoms with E-state index in [0.717, 1.165) is 14.9 Å². The standard InChI is InChI=1S/C9H10N4S2/c1-6(10)7-2-3-11-8(4-7)15-9-13-12-5-14-9/h2-6H,10H2,1H3/t6-/m1/s1. The summed E-state index contributed by atoms with van der Waals surface area (Å²) in [5.41, 5.74) is 8.58. The van der Waals surface area contributed by atoms with E-state index in [1.165, 1.54) is 23.1 Å². The zero-order chi connectivity index (χ0) is 10.7. The van der Waals surface area contributed by atoms with Crippen LogP contribution in [0.5, 0.6) is 0 Å². The maximum Gasteiger partial charge on any atom is 0.180 e. The van der Waals surface area contributed by atoms with Crippen molar-refractivity contribution in [3.63, 3.8) is 0 Å². The van der Waals surface area contributed by atoms with Crippen molar-refractivity contribution in [2.24, 2.45) is 5.73 Å². The van der Waals surface area contributed by atoms with E-state index in [9.17, 15) is 0 Å². The third kappa shape index (κ3) is 2.74. The van der Waals surface area contributed by atoms with E-state index in [2.05, 4.69) is 15.2 Å². The van der Waals surface area contributed by atoms with Gasteiger partial charge in [-0.2, -0.15) is 0 Å². The largest absolute Gasteiger partial charge is 0.324 e. The third-order valence-corrected chi connectivity index (χ3v) is 3.53. The number of rotatable bonds is 3. The summed E-state index contributed by atoms with van der Waals surface area (Å²) in [5, 5.41) is 8.62. The Bertz CT molecular complexity index is 427. The molecule has 2 aromatic rings. The van der Waals surface area contributed by atoms with Crippen LogP contribution in [0.25, 0.3) is 0 Å². The fourth-order valence-corrected chi connectivity index (χ4v) is 2.49. The Kier molecular flexibility index (Phi) is 3.30. The Morgan fingerprint density at radius 1 is 1.53 bits per heavy atom. The Balaban J connectivity index is 2.18. The number of pyridine rings is 1. The minimum Gasteiger partial charge on any atom is -0.324 e. The number of nitrogens with zero attached hydrogens (tertiary/aromatic N) is 3. The lowest BCUT2D eigenvalue weighted by molar-refractivity contribution is 0.808. The summed E-state index contributed by atoms with van der Waals surface area (Å²) in [5.74, 6) is 0. The molecule has 0 aliphatic carbocycles. The monoisotopic (exact) mass is 238 g/mol. The first-order valence-electron chi connectivity index (χ1n) is 4.41. The molecule has 0 bridgehead atoms. The second-order valence-electron chi connectivity index (χ2n) is 3.02. The van der Waals surface area contributed by atoms with Gasteiger partial charge in [0.05, 0.1) is 0 Å². The van der Waals surface area contributed by atoms with Gasteiger partial charge in [-0.25, -0.2) is 4.98 Å². The van der Waals surface area contributed by atoms with Crippen LogP contribution < -0.4 is 5.73 Å². The SMILES string of the molecule is C[C@@H](N)c1ccnc(Sc2nncs2)c1. The van der Waals surface area contributed by atoms with Crippen LogP contribution in [0.2, 0.25) is 0 Å². The fourth-order valence-electron chi connectivity index (χ4n) is 1.06. The molecule has 4 nitrogen and oxygen atoms in total. The molecular weight excluding hydrogens is 228 g/mol. The van der Waals surface area contributed by atoms with E-state index in [4.69, 9.17) is 5.73 Å². The van der Waals surface area contributed by atoms with Gasteiger partial charge >= 0.3 is 0 Å². The molecule has 2 rings (SSSR count). The van der Waals surface area contributed by atoms with Crippen molar-refractivity contribution in [3.8, 4) is 0 Å². The predicted molar refractivity (Wildman–Crippen MR) is 60.9 cm³/mol. The van der Waals surface area contributed by atoms with E-state index < -0.39 is 0 Å². The minimum absolute atomic E-state index is 0.0294. The smallest absolute Gasteiger partial charge is 0.180 e. The zero-order valence-corrected chi connectivity index (χ0v) is 9.76. The Morgan fingerprint density at radius 3 is 3.07 bits per heavy atom. The van der Waals surface area contributed by atoms with Gasteiger partial charge in [0.25, 0.3) is 0 Å². The summed E-state index contributed by atoms with van der Waals surface area (Å²) in [4.78, 5) is 4.24. The van der Waals surface area contributed by atoms with Gasteiger partial charge in [-0.3, -0.25) is 0 Å². The molecule has 15 heavy (non-hydrogen) atoms. The van der Waals surface area contributed by atoms with Crippen LogP contribution in [0.15, 0.2) is 33.2 Å². The molecule has 0 aliphatic rings. The Morgan fingerprint density at radius 2 is 2.40 bits per heavy atom. The van der Waals surface area contributed by atoms with Crippen molar-refractivity contribution in [3.05, 3.63) is 29.4 Å².